The van der Waals surface area contributed by atoms with Crippen LogP contribution in [0.2, 0.25) is 0 Å². The second-order valence-electron chi connectivity index (χ2n) is 1.51. The van der Waals surface area contributed by atoms with E-state index in [2.05, 4.69) is 0 Å². The summed E-state index contributed by atoms with van der Waals surface area (Å²) in [5, 5.41) is 7.06. The third-order valence-electron chi connectivity index (χ3n) is 0.890. The Balaban J connectivity index is 3.99. The lowest BCUT2D eigenvalue weighted by molar-refractivity contribution is -0.136. The van der Waals surface area contributed by atoms with Crippen LogP contribution < -0.4 is 0 Å². The summed E-state index contributed by atoms with van der Waals surface area (Å²) in [5.74, 6) is -1.22. The number of carboxylic acid groups (broad SMARTS) is 1. The van der Waals surface area contributed by atoms with Crippen molar-refractivity contribution >= 4 is 17.0 Å². The highest BCUT2D eigenvalue weighted by Gasteiger charge is 2.20. The van der Waals surface area contributed by atoms with Crippen molar-refractivity contribution in [3.63, 3.8) is 0 Å². The topological polar surface area (TPSA) is 74.6 Å². The van der Waals surface area contributed by atoms with Gasteiger partial charge in [-0.25, -0.2) is 4.21 Å². The van der Waals surface area contributed by atoms with E-state index in [1.165, 1.54) is 0 Å². The van der Waals surface area contributed by atoms with Crippen molar-refractivity contribution in [1.29, 1.82) is 0 Å². The van der Waals surface area contributed by atoms with E-state index < -0.39 is 22.3 Å². The molecule has 0 aliphatic rings. The minimum Gasteiger partial charge on any atom is -0.480 e. The number of hydrogen-bond donors (Lipinski definition) is 2. The van der Waals surface area contributed by atoms with E-state index in [9.17, 15) is 9.00 Å². The zero-order valence-corrected chi connectivity index (χ0v) is 5.72. The van der Waals surface area contributed by atoms with E-state index >= 15 is 0 Å². The Morgan fingerprint density at radius 3 is 2.22 bits per heavy atom. The SMILES string of the molecule is CCC(C(=O)O)S(=O)O. The molecule has 2 N–H and O–H groups in total. The predicted octanol–water partition coefficient (Wildman–Crippen LogP) is 0.0713. The summed E-state index contributed by atoms with van der Waals surface area (Å²) in [6.07, 6.45) is 0.179. The van der Waals surface area contributed by atoms with Gasteiger partial charge in [0.15, 0.2) is 16.3 Å². The third kappa shape index (κ3) is 2.57. The molecular formula is C4H8O4S. The van der Waals surface area contributed by atoms with Crippen LogP contribution in [0.25, 0.3) is 0 Å². The van der Waals surface area contributed by atoms with E-state index in [1.54, 1.807) is 6.92 Å². The summed E-state index contributed by atoms with van der Waals surface area (Å²) >= 11 is -2.23. The standard InChI is InChI=1S/C4H8O4S/c1-2-3(4(5)6)9(7)8/h3H,2H2,1H3,(H,5,6)(H,7,8). The minimum atomic E-state index is -2.23. The largest absolute Gasteiger partial charge is 0.480 e. The number of hydrogen-bond acceptors (Lipinski definition) is 2. The number of carbonyl (C=O) groups is 1. The van der Waals surface area contributed by atoms with Gasteiger partial charge in [0, 0.05) is 0 Å². The first-order valence-electron chi connectivity index (χ1n) is 2.42. The van der Waals surface area contributed by atoms with Gasteiger partial charge in [0.1, 0.15) is 0 Å². The van der Waals surface area contributed by atoms with Crippen molar-refractivity contribution in [2.75, 3.05) is 0 Å². The summed E-state index contributed by atoms with van der Waals surface area (Å²) in [6.45, 7) is 1.55. The molecule has 5 heteroatoms. The minimum absolute atomic E-state index is 0.179. The second-order valence-corrected chi connectivity index (χ2v) is 2.63. The molecular weight excluding hydrogens is 144 g/mol. The predicted molar refractivity (Wildman–Crippen MR) is 32.5 cm³/mol. The van der Waals surface area contributed by atoms with E-state index in [-0.39, 0.29) is 6.42 Å². The molecule has 0 amide bonds. The van der Waals surface area contributed by atoms with Gasteiger partial charge in [0.05, 0.1) is 0 Å². The van der Waals surface area contributed by atoms with Gasteiger partial charge in [-0.3, -0.25) is 4.79 Å². The van der Waals surface area contributed by atoms with Crippen molar-refractivity contribution in [3.05, 3.63) is 0 Å². The van der Waals surface area contributed by atoms with Crippen LogP contribution in [0, 0.1) is 0 Å². The molecule has 0 aliphatic heterocycles. The van der Waals surface area contributed by atoms with Crippen LogP contribution in [-0.2, 0) is 15.9 Å². The normalized spacial score (nSPS) is 16.7. The van der Waals surface area contributed by atoms with Gasteiger partial charge >= 0.3 is 5.97 Å². The molecule has 2 unspecified atom stereocenters. The van der Waals surface area contributed by atoms with Crippen molar-refractivity contribution in [2.24, 2.45) is 0 Å². The summed E-state index contributed by atoms with van der Waals surface area (Å²) in [6, 6.07) is 0. The first-order chi connectivity index (χ1) is 4.09. The van der Waals surface area contributed by atoms with Gasteiger partial charge in [0.2, 0.25) is 0 Å². The molecule has 0 saturated carbocycles. The molecule has 0 radical (unpaired) electrons. The van der Waals surface area contributed by atoms with Crippen LogP contribution in [0.4, 0.5) is 0 Å². The Morgan fingerprint density at radius 1 is 1.78 bits per heavy atom. The zero-order valence-electron chi connectivity index (χ0n) is 4.90. The lowest BCUT2D eigenvalue weighted by atomic mass is 10.3. The highest BCUT2D eigenvalue weighted by molar-refractivity contribution is 7.80. The molecule has 0 spiro atoms. The molecule has 54 valence electrons. The molecule has 0 heterocycles. The van der Waals surface area contributed by atoms with Gasteiger partial charge in [-0.15, -0.1) is 0 Å². The maximum Gasteiger partial charge on any atom is 0.321 e. The average molecular weight is 152 g/mol. The first kappa shape index (κ1) is 8.58. The van der Waals surface area contributed by atoms with Gasteiger partial charge in [0.25, 0.3) is 0 Å². The number of rotatable bonds is 3. The lowest BCUT2D eigenvalue weighted by Crippen LogP contribution is -2.23. The molecule has 0 aliphatic carbocycles. The van der Waals surface area contributed by atoms with Gasteiger partial charge in [-0.2, -0.15) is 0 Å². The Morgan fingerprint density at radius 2 is 2.22 bits per heavy atom. The van der Waals surface area contributed by atoms with E-state index in [0.717, 1.165) is 0 Å². The first-order valence-corrected chi connectivity index (χ1v) is 3.59. The fourth-order valence-corrected chi connectivity index (χ4v) is 0.861. The smallest absolute Gasteiger partial charge is 0.321 e. The van der Waals surface area contributed by atoms with Crippen molar-refractivity contribution < 1.29 is 18.7 Å². The molecule has 0 bridgehead atoms. The quantitative estimate of drug-likeness (QED) is 0.561. The van der Waals surface area contributed by atoms with Crippen molar-refractivity contribution in [2.45, 2.75) is 18.6 Å². The average Bonchev–Trinajstić information content (AvgIpc) is 1.64. The molecule has 4 nitrogen and oxygen atoms in total. The highest BCUT2D eigenvalue weighted by Crippen LogP contribution is 1.98. The van der Waals surface area contributed by atoms with Crippen molar-refractivity contribution in [3.8, 4) is 0 Å². The third-order valence-corrected chi connectivity index (χ3v) is 1.91. The molecule has 2 atom stereocenters. The van der Waals surface area contributed by atoms with Crippen molar-refractivity contribution in [1.82, 2.24) is 0 Å². The van der Waals surface area contributed by atoms with Gasteiger partial charge < -0.3 is 9.66 Å². The molecule has 0 aromatic rings. The van der Waals surface area contributed by atoms with Gasteiger partial charge in [-0.05, 0) is 6.42 Å². The molecule has 0 rings (SSSR count). The summed E-state index contributed by atoms with van der Waals surface area (Å²) < 4.78 is 18.4. The summed E-state index contributed by atoms with van der Waals surface area (Å²) in [4.78, 5) is 10.0. The number of aliphatic carboxylic acids is 1. The van der Waals surface area contributed by atoms with Crippen LogP contribution in [0.1, 0.15) is 13.3 Å². The fraction of sp³-hybridized carbons (Fsp3) is 0.750. The maximum absolute atomic E-state index is 10.1. The monoisotopic (exact) mass is 152 g/mol. The van der Waals surface area contributed by atoms with Crippen LogP contribution in [0.3, 0.4) is 0 Å². The van der Waals surface area contributed by atoms with Crippen LogP contribution >= 0.6 is 0 Å². The zero-order chi connectivity index (χ0) is 7.44. The summed E-state index contributed by atoms with van der Waals surface area (Å²) in [5.41, 5.74) is 0. The molecule has 0 aromatic carbocycles. The Labute approximate surface area is 55.2 Å². The van der Waals surface area contributed by atoms with Crippen LogP contribution in [-0.4, -0.2) is 25.1 Å². The number of carboxylic acids is 1. The highest BCUT2D eigenvalue weighted by atomic mass is 32.2. The van der Waals surface area contributed by atoms with Gasteiger partial charge in [-0.1, -0.05) is 6.92 Å². The summed E-state index contributed by atoms with van der Waals surface area (Å²) in [7, 11) is 0. The molecule has 0 aromatic heterocycles. The van der Waals surface area contributed by atoms with Crippen LogP contribution in [0.5, 0.6) is 0 Å². The lowest BCUT2D eigenvalue weighted by Gasteiger charge is -2.01. The Kier molecular flexibility index (Phi) is 3.41. The van der Waals surface area contributed by atoms with Crippen LogP contribution in [0.15, 0.2) is 0 Å². The Bertz CT molecular complexity index is 119. The van der Waals surface area contributed by atoms with E-state index in [4.69, 9.17) is 9.66 Å². The van der Waals surface area contributed by atoms with E-state index in [0.29, 0.717) is 0 Å². The van der Waals surface area contributed by atoms with E-state index in [1.807, 2.05) is 0 Å². The molecule has 0 fully saturated rings. The molecule has 0 saturated heterocycles. The maximum atomic E-state index is 10.1. The fourth-order valence-electron chi connectivity index (χ4n) is 0.403. The molecule has 9 heavy (non-hydrogen) atoms. The Hall–Kier alpha value is -0.420. The second kappa shape index (κ2) is 3.58.